The number of nitrogens with zero attached hydrogens (tertiary/aromatic N) is 1. The normalized spacial score (nSPS) is 15.9. The van der Waals surface area contributed by atoms with E-state index in [4.69, 9.17) is 11.6 Å². The van der Waals surface area contributed by atoms with E-state index in [9.17, 15) is 13.2 Å². The smallest absolute Gasteiger partial charge is 0.255 e. The van der Waals surface area contributed by atoms with Gasteiger partial charge in [0, 0.05) is 29.4 Å². The average molecular weight is 407 g/mol. The number of amides is 1. The molecule has 0 saturated carbocycles. The summed E-state index contributed by atoms with van der Waals surface area (Å²) in [6, 6.07) is 11.4. The van der Waals surface area contributed by atoms with Gasteiger partial charge < -0.3 is 5.32 Å². The lowest BCUT2D eigenvalue weighted by Crippen LogP contribution is -2.32. The Kier molecular flexibility index (Phi) is 6.19. The number of carbonyl (C=O) groups is 1. The molecule has 1 aliphatic rings. The van der Waals surface area contributed by atoms with Crippen molar-refractivity contribution in [3.8, 4) is 0 Å². The molecule has 0 aliphatic carbocycles. The minimum atomic E-state index is -3.50. The first-order chi connectivity index (χ1) is 12.9. The van der Waals surface area contributed by atoms with Crippen LogP contribution in [0.25, 0.3) is 0 Å². The van der Waals surface area contributed by atoms with Crippen LogP contribution in [0.5, 0.6) is 0 Å². The molecule has 5 nitrogen and oxygen atoms in total. The van der Waals surface area contributed by atoms with Crippen LogP contribution in [0.1, 0.15) is 41.6 Å². The number of nitrogens with one attached hydrogen (secondary N) is 1. The number of carbonyl (C=O) groups excluding carboxylic acids is 1. The second kappa shape index (κ2) is 8.42. The van der Waals surface area contributed by atoms with Crippen molar-refractivity contribution in [3.63, 3.8) is 0 Å². The molecule has 1 amide bonds. The molecule has 1 N–H and O–H groups in total. The van der Waals surface area contributed by atoms with Crippen molar-refractivity contribution in [2.75, 3.05) is 18.4 Å². The summed E-state index contributed by atoms with van der Waals surface area (Å²) in [6.45, 7) is 2.92. The molecule has 0 unspecified atom stereocenters. The number of hydrogen-bond acceptors (Lipinski definition) is 3. The maximum absolute atomic E-state index is 12.9. The third-order valence-corrected chi connectivity index (χ3v) is 6.90. The second-order valence-electron chi connectivity index (χ2n) is 6.76. The summed E-state index contributed by atoms with van der Waals surface area (Å²) in [5.74, 6) is -0.266. The highest BCUT2D eigenvalue weighted by molar-refractivity contribution is 7.89. The fraction of sp³-hybridized carbons (Fsp3) is 0.350. The van der Waals surface area contributed by atoms with E-state index in [0.717, 1.165) is 25.7 Å². The Morgan fingerprint density at radius 3 is 2.22 bits per heavy atom. The van der Waals surface area contributed by atoms with Crippen molar-refractivity contribution in [2.24, 2.45) is 0 Å². The van der Waals surface area contributed by atoms with Crippen LogP contribution >= 0.6 is 11.6 Å². The molecule has 0 spiro atoms. The van der Waals surface area contributed by atoms with Gasteiger partial charge in [-0.1, -0.05) is 24.4 Å². The maximum Gasteiger partial charge on any atom is 0.255 e. The van der Waals surface area contributed by atoms with E-state index in [0.29, 0.717) is 34.9 Å². The SMILES string of the molecule is Cc1cc(S(=O)(=O)N2CCCCCC2)ccc1NC(=O)c1ccc(Cl)cc1. The van der Waals surface area contributed by atoms with Crippen LogP contribution in [-0.2, 0) is 10.0 Å². The summed E-state index contributed by atoms with van der Waals surface area (Å²) in [5.41, 5.74) is 1.78. The van der Waals surface area contributed by atoms with E-state index in [1.807, 2.05) is 0 Å². The summed E-state index contributed by atoms with van der Waals surface area (Å²) in [4.78, 5) is 12.6. The summed E-state index contributed by atoms with van der Waals surface area (Å²) in [5, 5.41) is 3.38. The van der Waals surface area contributed by atoms with Crippen molar-refractivity contribution in [1.29, 1.82) is 0 Å². The third-order valence-electron chi connectivity index (χ3n) is 4.76. The average Bonchev–Trinajstić information content (AvgIpc) is 2.94. The molecule has 27 heavy (non-hydrogen) atoms. The van der Waals surface area contributed by atoms with Gasteiger partial charge in [-0.25, -0.2) is 8.42 Å². The third kappa shape index (κ3) is 4.69. The number of benzene rings is 2. The van der Waals surface area contributed by atoms with Gasteiger partial charge in [0.1, 0.15) is 0 Å². The van der Waals surface area contributed by atoms with Gasteiger partial charge in [-0.05, 0) is 67.8 Å². The van der Waals surface area contributed by atoms with E-state index in [-0.39, 0.29) is 10.8 Å². The lowest BCUT2D eigenvalue weighted by molar-refractivity contribution is 0.102. The van der Waals surface area contributed by atoms with Crippen LogP contribution < -0.4 is 5.32 Å². The topological polar surface area (TPSA) is 66.5 Å². The van der Waals surface area contributed by atoms with Gasteiger partial charge in [-0.2, -0.15) is 4.31 Å². The zero-order valence-corrected chi connectivity index (χ0v) is 16.8. The molecule has 0 atom stereocenters. The standard InChI is InChI=1S/C20H23ClN2O3S/c1-15-14-18(27(25,26)23-12-4-2-3-5-13-23)10-11-19(15)22-20(24)16-6-8-17(21)9-7-16/h6-11,14H,2-5,12-13H2,1H3,(H,22,24). The van der Waals surface area contributed by atoms with Crippen molar-refractivity contribution in [2.45, 2.75) is 37.5 Å². The van der Waals surface area contributed by atoms with Gasteiger partial charge in [-0.3, -0.25) is 4.79 Å². The Bertz CT molecular complexity index is 919. The molecular weight excluding hydrogens is 384 g/mol. The zero-order valence-electron chi connectivity index (χ0n) is 15.2. The molecule has 0 radical (unpaired) electrons. The summed E-state index contributed by atoms with van der Waals surface area (Å²) in [7, 11) is -3.50. The van der Waals surface area contributed by atoms with Gasteiger partial charge in [0.25, 0.3) is 5.91 Å². The van der Waals surface area contributed by atoms with Gasteiger partial charge in [0.05, 0.1) is 4.90 Å². The Morgan fingerprint density at radius 1 is 1.00 bits per heavy atom. The van der Waals surface area contributed by atoms with E-state index in [1.54, 1.807) is 53.7 Å². The van der Waals surface area contributed by atoms with Crippen LogP contribution in [0, 0.1) is 6.92 Å². The van der Waals surface area contributed by atoms with Crippen LogP contribution in [0.15, 0.2) is 47.4 Å². The van der Waals surface area contributed by atoms with Crippen molar-refractivity contribution >= 4 is 33.2 Å². The summed E-state index contributed by atoms with van der Waals surface area (Å²) < 4.78 is 27.4. The van der Waals surface area contributed by atoms with Crippen molar-refractivity contribution in [1.82, 2.24) is 4.31 Å². The molecule has 1 saturated heterocycles. The monoisotopic (exact) mass is 406 g/mol. The van der Waals surface area contributed by atoms with Crippen molar-refractivity contribution < 1.29 is 13.2 Å². The molecule has 0 bridgehead atoms. The largest absolute Gasteiger partial charge is 0.322 e. The molecule has 1 fully saturated rings. The first-order valence-corrected chi connectivity index (χ1v) is 10.9. The van der Waals surface area contributed by atoms with E-state index >= 15 is 0 Å². The van der Waals surface area contributed by atoms with Gasteiger partial charge in [0.2, 0.25) is 10.0 Å². The first-order valence-electron chi connectivity index (χ1n) is 9.05. The van der Waals surface area contributed by atoms with Crippen LogP contribution in [0.2, 0.25) is 5.02 Å². The molecule has 2 aromatic rings. The van der Waals surface area contributed by atoms with Crippen molar-refractivity contribution in [3.05, 3.63) is 58.6 Å². The zero-order chi connectivity index (χ0) is 19.4. The highest BCUT2D eigenvalue weighted by Gasteiger charge is 2.25. The fourth-order valence-electron chi connectivity index (χ4n) is 3.16. The highest BCUT2D eigenvalue weighted by atomic mass is 35.5. The second-order valence-corrected chi connectivity index (χ2v) is 9.13. The van der Waals surface area contributed by atoms with E-state index < -0.39 is 10.0 Å². The number of anilines is 1. The minimum absolute atomic E-state index is 0.266. The number of halogens is 1. The summed E-state index contributed by atoms with van der Waals surface area (Å²) >= 11 is 5.84. The quantitative estimate of drug-likeness (QED) is 0.814. The molecule has 1 aliphatic heterocycles. The lowest BCUT2D eigenvalue weighted by Gasteiger charge is -2.20. The number of hydrogen-bond donors (Lipinski definition) is 1. The molecule has 144 valence electrons. The summed E-state index contributed by atoms with van der Waals surface area (Å²) in [6.07, 6.45) is 3.93. The predicted molar refractivity (Wildman–Crippen MR) is 108 cm³/mol. The van der Waals surface area contributed by atoms with Crippen LogP contribution in [0.4, 0.5) is 5.69 Å². The molecule has 7 heteroatoms. The van der Waals surface area contributed by atoms with Gasteiger partial charge >= 0.3 is 0 Å². The highest BCUT2D eigenvalue weighted by Crippen LogP contribution is 2.25. The molecule has 0 aromatic heterocycles. The Morgan fingerprint density at radius 2 is 1.63 bits per heavy atom. The Labute approximate surface area is 165 Å². The Balaban J connectivity index is 1.78. The predicted octanol–water partition coefficient (Wildman–Crippen LogP) is 4.47. The van der Waals surface area contributed by atoms with E-state index in [1.165, 1.54) is 0 Å². The number of aryl methyl sites for hydroxylation is 1. The fourth-order valence-corrected chi connectivity index (χ4v) is 4.89. The first kappa shape index (κ1) is 19.9. The van der Waals surface area contributed by atoms with Gasteiger partial charge in [-0.15, -0.1) is 0 Å². The molecule has 2 aromatic carbocycles. The van der Waals surface area contributed by atoms with E-state index in [2.05, 4.69) is 5.32 Å². The van der Waals surface area contributed by atoms with Gasteiger partial charge in [0.15, 0.2) is 0 Å². The number of rotatable bonds is 4. The molecular formula is C20H23ClN2O3S. The molecule has 1 heterocycles. The minimum Gasteiger partial charge on any atom is -0.322 e. The lowest BCUT2D eigenvalue weighted by atomic mass is 10.1. The number of sulfonamides is 1. The molecule has 3 rings (SSSR count). The Hall–Kier alpha value is -1.89. The maximum atomic E-state index is 12.9. The van der Waals surface area contributed by atoms with Crippen LogP contribution in [-0.4, -0.2) is 31.7 Å². The van der Waals surface area contributed by atoms with Crippen LogP contribution in [0.3, 0.4) is 0 Å².